The van der Waals surface area contributed by atoms with E-state index in [1.165, 1.54) is 0 Å². The van der Waals surface area contributed by atoms with E-state index in [1.54, 1.807) is 72.5 Å². The summed E-state index contributed by atoms with van der Waals surface area (Å²) < 4.78 is 6.73. The van der Waals surface area contributed by atoms with Crippen molar-refractivity contribution in [2.75, 3.05) is 17.2 Å². The van der Waals surface area contributed by atoms with Gasteiger partial charge in [-0.2, -0.15) is 0 Å². The molecule has 1 aromatic heterocycles. The van der Waals surface area contributed by atoms with Gasteiger partial charge in [-0.3, -0.25) is 9.59 Å². The second kappa shape index (κ2) is 9.71. The molecule has 0 fully saturated rings. The van der Waals surface area contributed by atoms with Crippen LogP contribution in [0.5, 0.6) is 0 Å². The molecule has 0 saturated carbocycles. The van der Waals surface area contributed by atoms with Gasteiger partial charge in [-0.15, -0.1) is 0 Å². The van der Waals surface area contributed by atoms with Gasteiger partial charge in [0.25, 0.3) is 5.91 Å². The number of esters is 1. The summed E-state index contributed by atoms with van der Waals surface area (Å²) in [5.74, 6) is -0.525. The highest BCUT2D eigenvalue weighted by molar-refractivity contribution is 6.05. The highest BCUT2D eigenvalue weighted by Gasteiger charge is 2.12. The Bertz CT molecular complexity index is 1090. The lowest BCUT2D eigenvalue weighted by atomic mass is 10.1. The van der Waals surface area contributed by atoms with E-state index in [0.29, 0.717) is 22.6 Å². The van der Waals surface area contributed by atoms with E-state index in [1.807, 2.05) is 13.8 Å². The molecule has 3 rings (SSSR count). The zero-order valence-corrected chi connectivity index (χ0v) is 17.6. The van der Waals surface area contributed by atoms with Gasteiger partial charge in [0.15, 0.2) is 5.82 Å². The van der Waals surface area contributed by atoms with Gasteiger partial charge in [0.1, 0.15) is 6.33 Å². The second-order valence-electron chi connectivity index (χ2n) is 7.11. The topological polar surface area (TPSA) is 102 Å². The fourth-order valence-corrected chi connectivity index (χ4v) is 2.73. The molecule has 0 spiro atoms. The summed E-state index contributed by atoms with van der Waals surface area (Å²) in [5, 5.41) is 5.52. The third kappa shape index (κ3) is 5.57. The lowest BCUT2D eigenvalue weighted by molar-refractivity contribution is -0.118. The Labute approximate surface area is 180 Å². The largest absolute Gasteiger partial charge is 0.462 e. The fourth-order valence-electron chi connectivity index (χ4n) is 2.73. The van der Waals surface area contributed by atoms with E-state index in [4.69, 9.17) is 4.74 Å². The molecule has 2 amide bonds. The molecule has 2 N–H and O–H groups in total. The Hall–Kier alpha value is -3.94. The first kappa shape index (κ1) is 21.8. The van der Waals surface area contributed by atoms with Crippen LogP contribution in [0, 0.1) is 5.92 Å². The predicted octanol–water partition coefficient (Wildman–Crippen LogP) is 3.90. The van der Waals surface area contributed by atoms with Crippen molar-refractivity contribution in [2.24, 2.45) is 5.92 Å². The number of rotatable bonds is 7. The van der Waals surface area contributed by atoms with Crippen molar-refractivity contribution < 1.29 is 19.1 Å². The maximum Gasteiger partial charge on any atom is 0.338 e. The minimum absolute atomic E-state index is 0.107. The van der Waals surface area contributed by atoms with E-state index in [0.717, 1.165) is 5.69 Å². The second-order valence-corrected chi connectivity index (χ2v) is 7.11. The van der Waals surface area contributed by atoms with E-state index in [-0.39, 0.29) is 24.3 Å². The number of imidazole rings is 1. The number of hydrogen-bond acceptors (Lipinski definition) is 5. The molecular formula is C23H24N4O4. The van der Waals surface area contributed by atoms with Crippen LogP contribution in [-0.2, 0) is 9.53 Å². The zero-order chi connectivity index (χ0) is 22.4. The normalized spacial score (nSPS) is 10.6. The summed E-state index contributed by atoms with van der Waals surface area (Å²) in [4.78, 5) is 40.4. The SMILES string of the molecule is CCOC(=O)c1cccc(NC(=O)c2ccc(-n3cnc(NC(=O)C(C)C)c3)cc2)c1. The molecule has 0 aliphatic rings. The quantitative estimate of drug-likeness (QED) is 0.565. The van der Waals surface area contributed by atoms with Gasteiger partial charge >= 0.3 is 5.97 Å². The molecule has 0 saturated heterocycles. The Kier molecular flexibility index (Phi) is 6.81. The van der Waals surface area contributed by atoms with Crippen molar-refractivity contribution in [1.82, 2.24) is 9.55 Å². The summed E-state index contributed by atoms with van der Waals surface area (Å²) in [6.07, 6.45) is 3.29. The van der Waals surface area contributed by atoms with Crippen molar-refractivity contribution >= 4 is 29.3 Å². The third-order valence-corrected chi connectivity index (χ3v) is 4.42. The van der Waals surface area contributed by atoms with Crippen LogP contribution in [0.4, 0.5) is 11.5 Å². The summed E-state index contributed by atoms with van der Waals surface area (Å²) in [6, 6.07) is 13.5. The van der Waals surface area contributed by atoms with Gasteiger partial charge in [0.05, 0.1) is 18.4 Å². The number of hydrogen-bond donors (Lipinski definition) is 2. The molecule has 160 valence electrons. The van der Waals surface area contributed by atoms with Crippen LogP contribution in [0.2, 0.25) is 0 Å². The molecule has 2 aromatic carbocycles. The van der Waals surface area contributed by atoms with Crippen LogP contribution in [0.1, 0.15) is 41.5 Å². The van der Waals surface area contributed by atoms with Crippen LogP contribution in [0.25, 0.3) is 5.69 Å². The van der Waals surface area contributed by atoms with Crippen molar-refractivity contribution in [2.45, 2.75) is 20.8 Å². The molecule has 1 heterocycles. The number of carbonyl (C=O) groups excluding carboxylic acids is 3. The van der Waals surface area contributed by atoms with Crippen molar-refractivity contribution in [3.63, 3.8) is 0 Å². The maximum atomic E-state index is 12.6. The summed E-state index contributed by atoms with van der Waals surface area (Å²) in [5.41, 5.74) is 2.12. The fraction of sp³-hybridized carbons (Fsp3) is 0.217. The van der Waals surface area contributed by atoms with Gasteiger partial charge in [0.2, 0.25) is 5.91 Å². The minimum Gasteiger partial charge on any atom is -0.462 e. The average Bonchev–Trinajstić information content (AvgIpc) is 3.22. The number of anilines is 2. The number of nitrogens with zero attached hydrogens (tertiary/aromatic N) is 2. The van der Waals surface area contributed by atoms with E-state index >= 15 is 0 Å². The molecule has 0 atom stereocenters. The van der Waals surface area contributed by atoms with Crippen LogP contribution in [0.15, 0.2) is 61.1 Å². The third-order valence-electron chi connectivity index (χ3n) is 4.42. The molecule has 0 aliphatic carbocycles. The minimum atomic E-state index is -0.438. The number of carbonyl (C=O) groups is 3. The number of aromatic nitrogens is 2. The van der Waals surface area contributed by atoms with E-state index < -0.39 is 5.97 Å². The molecule has 0 aliphatic heterocycles. The molecule has 0 radical (unpaired) electrons. The monoisotopic (exact) mass is 420 g/mol. The van der Waals surface area contributed by atoms with Gasteiger partial charge < -0.3 is 19.9 Å². The summed E-state index contributed by atoms with van der Waals surface area (Å²) in [6.45, 7) is 5.64. The zero-order valence-electron chi connectivity index (χ0n) is 17.6. The first-order valence-electron chi connectivity index (χ1n) is 9.91. The molecule has 31 heavy (non-hydrogen) atoms. The van der Waals surface area contributed by atoms with Crippen molar-refractivity contribution in [1.29, 1.82) is 0 Å². The Morgan fingerprint density at radius 2 is 1.77 bits per heavy atom. The molecule has 8 heteroatoms. The first-order valence-corrected chi connectivity index (χ1v) is 9.91. The molecule has 3 aromatic rings. The number of benzene rings is 2. The number of amides is 2. The molecule has 0 bridgehead atoms. The highest BCUT2D eigenvalue weighted by atomic mass is 16.5. The van der Waals surface area contributed by atoms with Crippen molar-refractivity contribution in [3.05, 3.63) is 72.2 Å². The lowest BCUT2D eigenvalue weighted by Crippen LogP contribution is -2.17. The standard InChI is InChI=1S/C23H24N4O4/c1-4-31-23(30)17-6-5-7-18(12-17)25-22(29)16-8-10-19(11-9-16)27-13-20(24-14-27)26-21(28)15(2)3/h5-15H,4H2,1-3H3,(H,25,29)(H,26,28). The van der Waals surface area contributed by atoms with Crippen LogP contribution in [-0.4, -0.2) is 33.9 Å². The van der Waals surface area contributed by atoms with Gasteiger partial charge in [-0.1, -0.05) is 19.9 Å². The Morgan fingerprint density at radius 1 is 1.03 bits per heavy atom. The molecule has 0 unspecified atom stereocenters. The maximum absolute atomic E-state index is 12.6. The van der Waals surface area contributed by atoms with E-state index in [2.05, 4.69) is 15.6 Å². The Morgan fingerprint density at radius 3 is 2.45 bits per heavy atom. The summed E-state index contributed by atoms with van der Waals surface area (Å²) >= 11 is 0. The molecular weight excluding hydrogens is 396 g/mol. The molecule has 8 nitrogen and oxygen atoms in total. The highest BCUT2D eigenvalue weighted by Crippen LogP contribution is 2.16. The summed E-state index contributed by atoms with van der Waals surface area (Å²) in [7, 11) is 0. The van der Waals surface area contributed by atoms with Gasteiger partial charge in [0, 0.05) is 22.9 Å². The van der Waals surface area contributed by atoms with Gasteiger partial charge in [-0.05, 0) is 49.4 Å². The average molecular weight is 420 g/mol. The number of nitrogens with one attached hydrogen (secondary N) is 2. The smallest absolute Gasteiger partial charge is 0.338 e. The Balaban J connectivity index is 1.67. The number of ether oxygens (including phenoxy) is 1. The van der Waals surface area contributed by atoms with Crippen LogP contribution >= 0.6 is 0 Å². The van der Waals surface area contributed by atoms with Crippen molar-refractivity contribution in [3.8, 4) is 5.69 Å². The van der Waals surface area contributed by atoms with E-state index in [9.17, 15) is 14.4 Å². The van der Waals surface area contributed by atoms with Crippen LogP contribution < -0.4 is 10.6 Å². The predicted molar refractivity (Wildman–Crippen MR) is 117 cm³/mol. The lowest BCUT2D eigenvalue weighted by Gasteiger charge is -2.08. The first-order chi connectivity index (χ1) is 14.9. The van der Waals surface area contributed by atoms with Crippen LogP contribution in [0.3, 0.4) is 0 Å². The van der Waals surface area contributed by atoms with Gasteiger partial charge in [-0.25, -0.2) is 9.78 Å².